The van der Waals surface area contributed by atoms with Crippen molar-refractivity contribution in [2.45, 2.75) is 40.0 Å². The Balaban J connectivity index is 1.97. The summed E-state index contributed by atoms with van der Waals surface area (Å²) in [5, 5.41) is 3.55. The summed E-state index contributed by atoms with van der Waals surface area (Å²) in [6, 6.07) is 1.63. The van der Waals surface area contributed by atoms with Crippen molar-refractivity contribution in [3.05, 3.63) is 22.2 Å². The van der Waals surface area contributed by atoms with E-state index in [4.69, 9.17) is 0 Å². The Labute approximate surface area is 127 Å². The maximum absolute atomic E-state index is 11.7. The van der Waals surface area contributed by atoms with Gasteiger partial charge in [0.1, 0.15) is 11.6 Å². The molecule has 2 rings (SSSR count). The number of aryl methyl sites for hydroxylation is 1. The first-order valence-corrected chi connectivity index (χ1v) is 8.14. The van der Waals surface area contributed by atoms with E-state index in [0.29, 0.717) is 11.8 Å². The van der Waals surface area contributed by atoms with E-state index in [1.165, 1.54) is 12.8 Å². The average Bonchev–Trinajstić information content (AvgIpc) is 2.46. The Bertz CT molecular complexity index is 497. The number of aromatic amines is 1. The third kappa shape index (κ3) is 4.84. The van der Waals surface area contributed by atoms with E-state index >= 15 is 0 Å². The molecule has 1 unspecified atom stereocenters. The van der Waals surface area contributed by atoms with Crippen molar-refractivity contribution in [1.29, 1.82) is 0 Å². The van der Waals surface area contributed by atoms with Crippen LogP contribution >= 0.6 is 0 Å². The van der Waals surface area contributed by atoms with E-state index in [1.807, 2.05) is 6.92 Å². The fourth-order valence-corrected chi connectivity index (χ4v) is 2.84. The van der Waals surface area contributed by atoms with Crippen molar-refractivity contribution in [3.8, 4) is 0 Å². The predicted molar refractivity (Wildman–Crippen MR) is 86.9 cm³/mol. The fourth-order valence-electron chi connectivity index (χ4n) is 2.84. The Kier molecular flexibility index (Phi) is 5.79. The van der Waals surface area contributed by atoms with Crippen LogP contribution in [0.2, 0.25) is 0 Å². The molecule has 1 aromatic heterocycles. The van der Waals surface area contributed by atoms with E-state index in [1.54, 1.807) is 6.07 Å². The Hall–Kier alpha value is -1.36. The average molecular weight is 292 g/mol. The summed E-state index contributed by atoms with van der Waals surface area (Å²) in [5.74, 6) is 2.94. The number of nitrogens with zero attached hydrogens (tertiary/aromatic N) is 2. The molecule has 1 saturated heterocycles. The predicted octanol–water partition coefficient (Wildman–Crippen LogP) is 1.79. The van der Waals surface area contributed by atoms with Gasteiger partial charge in [0.05, 0.1) is 0 Å². The van der Waals surface area contributed by atoms with Crippen molar-refractivity contribution in [1.82, 2.24) is 15.3 Å². The number of rotatable bonds is 6. The van der Waals surface area contributed by atoms with Crippen molar-refractivity contribution in [3.63, 3.8) is 0 Å². The first kappa shape index (κ1) is 16.0. The van der Waals surface area contributed by atoms with Crippen LogP contribution in [0.5, 0.6) is 0 Å². The maximum atomic E-state index is 11.7. The molecule has 0 amide bonds. The number of piperidine rings is 1. The Morgan fingerprint density at radius 3 is 3.05 bits per heavy atom. The number of anilines is 1. The van der Waals surface area contributed by atoms with Crippen molar-refractivity contribution in [2.75, 3.05) is 31.1 Å². The van der Waals surface area contributed by atoms with Gasteiger partial charge in [0.25, 0.3) is 5.56 Å². The summed E-state index contributed by atoms with van der Waals surface area (Å²) < 4.78 is 0. The minimum Gasteiger partial charge on any atom is -0.356 e. The lowest BCUT2D eigenvalue weighted by Crippen LogP contribution is -2.41. The van der Waals surface area contributed by atoms with E-state index in [9.17, 15) is 4.79 Å². The van der Waals surface area contributed by atoms with Crippen LogP contribution < -0.4 is 15.8 Å². The van der Waals surface area contributed by atoms with Gasteiger partial charge in [0.2, 0.25) is 0 Å². The summed E-state index contributed by atoms with van der Waals surface area (Å²) in [7, 11) is 0. The summed E-state index contributed by atoms with van der Waals surface area (Å²) in [6.45, 7) is 10.6. The molecule has 0 aromatic carbocycles. The number of hydrogen-bond acceptors (Lipinski definition) is 4. The topological polar surface area (TPSA) is 61.0 Å². The molecular formula is C16H28N4O. The van der Waals surface area contributed by atoms with Gasteiger partial charge in [-0.15, -0.1) is 0 Å². The lowest BCUT2D eigenvalue weighted by atomic mass is 9.98. The lowest BCUT2D eigenvalue weighted by Gasteiger charge is -2.34. The molecule has 5 heteroatoms. The molecule has 0 aliphatic carbocycles. The summed E-state index contributed by atoms with van der Waals surface area (Å²) in [6.07, 6.45) is 3.19. The highest BCUT2D eigenvalue weighted by Gasteiger charge is 2.21. The zero-order valence-electron chi connectivity index (χ0n) is 13.5. The van der Waals surface area contributed by atoms with E-state index in [0.717, 1.165) is 44.2 Å². The van der Waals surface area contributed by atoms with Gasteiger partial charge in [-0.2, -0.15) is 0 Å². The molecule has 2 N–H and O–H groups in total. The molecule has 118 valence electrons. The second-order valence-corrected chi connectivity index (χ2v) is 6.41. The zero-order valence-corrected chi connectivity index (χ0v) is 13.5. The summed E-state index contributed by atoms with van der Waals surface area (Å²) in [5.41, 5.74) is -0.0445. The van der Waals surface area contributed by atoms with Crippen LogP contribution in [-0.4, -0.2) is 36.1 Å². The number of hydrogen-bond donors (Lipinski definition) is 2. The van der Waals surface area contributed by atoms with Gasteiger partial charge >= 0.3 is 0 Å². The third-order valence-corrected chi connectivity index (χ3v) is 3.94. The monoisotopic (exact) mass is 292 g/mol. The van der Waals surface area contributed by atoms with Crippen molar-refractivity contribution in [2.24, 2.45) is 11.8 Å². The number of H-pyrrole nitrogens is 1. The summed E-state index contributed by atoms with van der Waals surface area (Å²) in [4.78, 5) is 21.3. The van der Waals surface area contributed by atoms with Crippen LogP contribution in [0.15, 0.2) is 10.9 Å². The highest BCUT2D eigenvalue weighted by Crippen LogP contribution is 2.20. The van der Waals surface area contributed by atoms with Gasteiger partial charge in [-0.25, -0.2) is 4.98 Å². The number of nitrogens with one attached hydrogen (secondary N) is 2. The normalized spacial score (nSPS) is 19.2. The minimum atomic E-state index is -0.0445. The standard InChI is InChI=1S/C16H28N4O/c1-4-14-18-15(8-16(21)19-14)20-7-5-6-13(11-20)10-17-9-12(2)3/h8,12-13,17H,4-7,9-11H2,1-3H3,(H,18,19,21). The van der Waals surface area contributed by atoms with Crippen LogP contribution in [0.25, 0.3) is 0 Å². The number of aromatic nitrogens is 2. The van der Waals surface area contributed by atoms with Gasteiger partial charge in [-0.05, 0) is 37.8 Å². The Morgan fingerprint density at radius 2 is 2.33 bits per heavy atom. The molecule has 1 fully saturated rings. The maximum Gasteiger partial charge on any atom is 0.252 e. The molecule has 1 aromatic rings. The van der Waals surface area contributed by atoms with E-state index in [2.05, 4.69) is 34.0 Å². The van der Waals surface area contributed by atoms with Crippen LogP contribution in [0, 0.1) is 11.8 Å². The highest BCUT2D eigenvalue weighted by atomic mass is 16.1. The molecule has 0 bridgehead atoms. The van der Waals surface area contributed by atoms with Gasteiger partial charge in [-0.1, -0.05) is 20.8 Å². The molecule has 0 spiro atoms. The van der Waals surface area contributed by atoms with Gasteiger partial charge < -0.3 is 15.2 Å². The molecule has 2 heterocycles. The molecular weight excluding hydrogens is 264 g/mol. The van der Waals surface area contributed by atoms with Crippen molar-refractivity contribution >= 4 is 5.82 Å². The molecule has 5 nitrogen and oxygen atoms in total. The first-order valence-electron chi connectivity index (χ1n) is 8.14. The first-order chi connectivity index (χ1) is 10.1. The highest BCUT2D eigenvalue weighted by molar-refractivity contribution is 5.38. The SMILES string of the molecule is CCc1nc(N2CCCC(CNCC(C)C)C2)cc(=O)[nH]1. The van der Waals surface area contributed by atoms with Gasteiger partial charge in [-0.3, -0.25) is 4.79 Å². The second kappa shape index (κ2) is 7.59. The smallest absolute Gasteiger partial charge is 0.252 e. The fraction of sp³-hybridized carbons (Fsp3) is 0.750. The molecule has 0 radical (unpaired) electrons. The minimum absolute atomic E-state index is 0.0445. The molecule has 1 atom stereocenters. The van der Waals surface area contributed by atoms with Crippen LogP contribution in [0.1, 0.15) is 39.4 Å². The van der Waals surface area contributed by atoms with Crippen LogP contribution in [0.3, 0.4) is 0 Å². The Morgan fingerprint density at radius 1 is 1.52 bits per heavy atom. The van der Waals surface area contributed by atoms with E-state index in [-0.39, 0.29) is 5.56 Å². The van der Waals surface area contributed by atoms with Crippen LogP contribution in [0.4, 0.5) is 5.82 Å². The van der Waals surface area contributed by atoms with E-state index < -0.39 is 0 Å². The second-order valence-electron chi connectivity index (χ2n) is 6.41. The quantitative estimate of drug-likeness (QED) is 0.839. The molecule has 0 saturated carbocycles. The van der Waals surface area contributed by atoms with Crippen molar-refractivity contribution < 1.29 is 0 Å². The molecule has 1 aliphatic rings. The van der Waals surface area contributed by atoms with Crippen LogP contribution in [-0.2, 0) is 6.42 Å². The largest absolute Gasteiger partial charge is 0.356 e. The zero-order chi connectivity index (χ0) is 15.2. The summed E-state index contributed by atoms with van der Waals surface area (Å²) >= 11 is 0. The molecule has 1 aliphatic heterocycles. The lowest BCUT2D eigenvalue weighted by molar-refractivity contribution is 0.381. The molecule has 21 heavy (non-hydrogen) atoms. The van der Waals surface area contributed by atoms with Gasteiger partial charge in [0, 0.05) is 25.6 Å². The third-order valence-electron chi connectivity index (χ3n) is 3.94. The van der Waals surface area contributed by atoms with Gasteiger partial charge in [0.15, 0.2) is 0 Å².